The van der Waals surface area contributed by atoms with Crippen molar-refractivity contribution in [2.75, 3.05) is 13.2 Å². The van der Waals surface area contributed by atoms with Crippen molar-refractivity contribution < 1.29 is 24.2 Å². The van der Waals surface area contributed by atoms with E-state index in [9.17, 15) is 14.7 Å². The van der Waals surface area contributed by atoms with Gasteiger partial charge in [-0.05, 0) is 109 Å². The number of carbonyl (C=O) groups excluding carboxylic acids is 2. The molecular formula is C57H92O5. The van der Waals surface area contributed by atoms with Crippen LogP contribution in [-0.2, 0) is 19.1 Å². The van der Waals surface area contributed by atoms with Gasteiger partial charge in [0.2, 0.25) is 0 Å². The lowest BCUT2D eigenvalue weighted by Crippen LogP contribution is -2.28. The molecule has 0 aromatic carbocycles. The fourth-order valence-corrected chi connectivity index (χ4v) is 6.48. The molecule has 350 valence electrons. The van der Waals surface area contributed by atoms with E-state index >= 15 is 0 Å². The average Bonchev–Trinajstić information content (AvgIpc) is 3.28. The van der Waals surface area contributed by atoms with Gasteiger partial charge in [-0.15, -0.1) is 0 Å². The van der Waals surface area contributed by atoms with E-state index in [-0.39, 0.29) is 25.2 Å². The number of unbranched alkanes of at least 4 members (excludes halogenated alkanes) is 16. The highest BCUT2D eigenvalue weighted by Crippen LogP contribution is 2.13. The minimum Gasteiger partial charge on any atom is -0.462 e. The third-order valence-corrected chi connectivity index (χ3v) is 10.2. The zero-order valence-electron chi connectivity index (χ0n) is 39.8. The Hall–Kier alpha value is -3.70. The fourth-order valence-electron chi connectivity index (χ4n) is 6.48. The van der Waals surface area contributed by atoms with Crippen LogP contribution in [0.5, 0.6) is 0 Å². The Bertz CT molecular complexity index is 1290. The van der Waals surface area contributed by atoms with Crippen LogP contribution in [0.15, 0.2) is 122 Å². The maximum Gasteiger partial charge on any atom is 0.306 e. The molecule has 0 heterocycles. The molecule has 0 fully saturated rings. The van der Waals surface area contributed by atoms with Crippen molar-refractivity contribution in [1.29, 1.82) is 0 Å². The Morgan fingerprint density at radius 1 is 0.387 bits per heavy atom. The number of rotatable bonds is 44. The zero-order valence-corrected chi connectivity index (χ0v) is 39.8. The van der Waals surface area contributed by atoms with E-state index in [0.29, 0.717) is 12.8 Å². The molecule has 0 saturated heterocycles. The van der Waals surface area contributed by atoms with Gasteiger partial charge in [0, 0.05) is 12.8 Å². The van der Waals surface area contributed by atoms with Crippen molar-refractivity contribution >= 4 is 11.9 Å². The molecule has 0 bridgehead atoms. The summed E-state index contributed by atoms with van der Waals surface area (Å²) in [5, 5.41) is 9.62. The highest BCUT2D eigenvalue weighted by atomic mass is 16.6. The van der Waals surface area contributed by atoms with E-state index in [0.717, 1.165) is 109 Å². The third kappa shape index (κ3) is 49.0. The lowest BCUT2D eigenvalue weighted by molar-refractivity contribution is -0.161. The van der Waals surface area contributed by atoms with E-state index in [1.54, 1.807) is 0 Å². The second-order valence-electron chi connectivity index (χ2n) is 16.2. The minimum absolute atomic E-state index is 0.0862. The predicted molar refractivity (Wildman–Crippen MR) is 269 cm³/mol. The second kappa shape index (κ2) is 51.6. The van der Waals surface area contributed by atoms with Crippen molar-refractivity contribution in [2.24, 2.45) is 0 Å². The summed E-state index contributed by atoms with van der Waals surface area (Å²) in [4.78, 5) is 24.4. The number of hydrogen-bond donors (Lipinski definition) is 1. The Morgan fingerprint density at radius 3 is 1.05 bits per heavy atom. The molecule has 1 atom stereocenters. The smallest absolute Gasteiger partial charge is 0.306 e. The first-order valence-corrected chi connectivity index (χ1v) is 25.1. The van der Waals surface area contributed by atoms with Crippen LogP contribution in [0, 0.1) is 0 Å². The summed E-state index contributed by atoms with van der Waals surface area (Å²) in [5.74, 6) is -0.633. The molecule has 0 rings (SSSR count). The number of aliphatic hydroxyl groups excluding tert-OH is 1. The first kappa shape index (κ1) is 58.3. The van der Waals surface area contributed by atoms with Gasteiger partial charge < -0.3 is 14.6 Å². The van der Waals surface area contributed by atoms with Crippen LogP contribution in [-0.4, -0.2) is 36.4 Å². The number of hydrogen-bond acceptors (Lipinski definition) is 5. The molecule has 0 saturated carbocycles. The normalized spacial score (nSPS) is 13.3. The van der Waals surface area contributed by atoms with Crippen molar-refractivity contribution in [3.63, 3.8) is 0 Å². The van der Waals surface area contributed by atoms with Crippen LogP contribution >= 0.6 is 0 Å². The number of carbonyl (C=O) groups is 2. The van der Waals surface area contributed by atoms with E-state index in [1.807, 2.05) is 0 Å². The molecule has 5 heteroatoms. The second-order valence-corrected chi connectivity index (χ2v) is 16.2. The fraction of sp³-hybridized carbons (Fsp3) is 0.614. The van der Waals surface area contributed by atoms with E-state index in [2.05, 4.69) is 135 Å². The SMILES string of the molecule is CC/C=C\C/C=C\C/C=C\C/C=C\C/C=C\C/C=C\C/C=C\C/C=C\CCCCCCC(=O)OC(CO)COC(=O)CCCCCCCCCCC/C=C\C/C=C\CCCCC. The number of ether oxygens (including phenoxy) is 2. The lowest BCUT2D eigenvalue weighted by atomic mass is 10.1. The highest BCUT2D eigenvalue weighted by molar-refractivity contribution is 5.70. The van der Waals surface area contributed by atoms with Gasteiger partial charge in [0.15, 0.2) is 6.10 Å². The lowest BCUT2D eigenvalue weighted by Gasteiger charge is -2.15. The first-order valence-electron chi connectivity index (χ1n) is 25.1. The molecule has 0 amide bonds. The van der Waals surface area contributed by atoms with E-state index in [4.69, 9.17) is 9.47 Å². The monoisotopic (exact) mass is 857 g/mol. The third-order valence-electron chi connectivity index (χ3n) is 10.2. The summed E-state index contributed by atoms with van der Waals surface area (Å²) in [6.07, 6.45) is 75.6. The molecule has 0 aliphatic rings. The van der Waals surface area contributed by atoms with E-state index in [1.165, 1.54) is 70.6 Å². The molecule has 1 N–H and O–H groups in total. The summed E-state index contributed by atoms with van der Waals surface area (Å²) in [6.45, 7) is 3.97. The van der Waals surface area contributed by atoms with Crippen molar-refractivity contribution in [2.45, 2.75) is 213 Å². The van der Waals surface area contributed by atoms with Gasteiger partial charge in [0.25, 0.3) is 0 Å². The molecule has 0 aromatic rings. The molecule has 0 aliphatic heterocycles. The molecule has 0 aromatic heterocycles. The number of esters is 2. The molecule has 1 unspecified atom stereocenters. The quantitative estimate of drug-likeness (QED) is 0.0375. The van der Waals surface area contributed by atoms with Crippen LogP contribution in [0.3, 0.4) is 0 Å². The van der Waals surface area contributed by atoms with Crippen molar-refractivity contribution in [3.05, 3.63) is 122 Å². The Morgan fingerprint density at radius 2 is 0.694 bits per heavy atom. The van der Waals surface area contributed by atoms with Crippen LogP contribution in [0.25, 0.3) is 0 Å². The van der Waals surface area contributed by atoms with Gasteiger partial charge in [-0.1, -0.05) is 206 Å². The molecular weight excluding hydrogens is 765 g/mol. The van der Waals surface area contributed by atoms with Crippen LogP contribution < -0.4 is 0 Å². The van der Waals surface area contributed by atoms with Gasteiger partial charge in [0.1, 0.15) is 6.61 Å². The predicted octanol–water partition coefficient (Wildman–Crippen LogP) is 16.7. The van der Waals surface area contributed by atoms with Crippen LogP contribution in [0.4, 0.5) is 0 Å². The Labute approximate surface area is 382 Å². The number of aliphatic hydroxyl groups is 1. The molecule has 0 radical (unpaired) electrons. The van der Waals surface area contributed by atoms with Crippen molar-refractivity contribution in [3.8, 4) is 0 Å². The molecule has 0 spiro atoms. The first-order chi connectivity index (χ1) is 30.6. The standard InChI is InChI=1S/C57H92O5/c1-3-5-7-9-11-13-15-17-19-21-23-24-25-26-27-28-29-30-31-32-34-36-38-40-42-44-46-48-50-52-57(60)62-55(53-58)54-61-56(59)51-49-47-45-43-41-39-37-35-33-22-20-18-16-14-12-10-8-6-4-2/h5,7,11-14,17-20,23-24,26-27,29-30,32,34,38,40,55,58H,3-4,6,8-10,15-16,21-22,25,28,31,33,35-37,39,41-54H2,1-2H3/b7-5-,13-11-,14-12-,19-17-,20-18-,24-23-,27-26-,30-29-,34-32-,40-38-. The van der Waals surface area contributed by atoms with Crippen LogP contribution in [0.1, 0.15) is 206 Å². The van der Waals surface area contributed by atoms with Gasteiger partial charge in [-0.25, -0.2) is 0 Å². The number of allylic oxidation sites excluding steroid dienone is 20. The molecule has 5 nitrogen and oxygen atoms in total. The maximum atomic E-state index is 12.3. The average molecular weight is 857 g/mol. The maximum absolute atomic E-state index is 12.3. The summed E-state index contributed by atoms with van der Waals surface area (Å²) in [5.41, 5.74) is 0. The van der Waals surface area contributed by atoms with Crippen LogP contribution in [0.2, 0.25) is 0 Å². The molecule has 62 heavy (non-hydrogen) atoms. The van der Waals surface area contributed by atoms with E-state index < -0.39 is 6.10 Å². The molecule has 0 aliphatic carbocycles. The Kier molecular flexibility index (Phi) is 48.6. The topological polar surface area (TPSA) is 72.8 Å². The van der Waals surface area contributed by atoms with Gasteiger partial charge >= 0.3 is 11.9 Å². The van der Waals surface area contributed by atoms with Gasteiger partial charge in [-0.2, -0.15) is 0 Å². The zero-order chi connectivity index (χ0) is 44.9. The van der Waals surface area contributed by atoms with Gasteiger partial charge in [0.05, 0.1) is 6.61 Å². The summed E-state index contributed by atoms with van der Waals surface area (Å²) >= 11 is 0. The van der Waals surface area contributed by atoms with Gasteiger partial charge in [-0.3, -0.25) is 9.59 Å². The summed E-state index contributed by atoms with van der Waals surface area (Å²) in [6, 6.07) is 0. The minimum atomic E-state index is -0.797. The summed E-state index contributed by atoms with van der Waals surface area (Å²) in [7, 11) is 0. The Balaban J connectivity index is 3.65. The largest absolute Gasteiger partial charge is 0.462 e. The highest BCUT2D eigenvalue weighted by Gasteiger charge is 2.16. The summed E-state index contributed by atoms with van der Waals surface area (Å²) < 4.78 is 10.6. The van der Waals surface area contributed by atoms with Crippen molar-refractivity contribution in [1.82, 2.24) is 0 Å².